The number of morpholine rings is 1. The second kappa shape index (κ2) is 8.48. The minimum atomic E-state index is -0.293. The molecule has 1 saturated heterocycles. The molecule has 4 rings (SSSR count). The Hall–Kier alpha value is -2.13. The van der Waals surface area contributed by atoms with Gasteiger partial charge < -0.3 is 14.5 Å². The quantitative estimate of drug-likeness (QED) is 0.659. The first kappa shape index (κ1) is 19.2. The average molecular weight is 405 g/mol. The fourth-order valence-corrected chi connectivity index (χ4v) is 4.15. The van der Waals surface area contributed by atoms with Crippen molar-refractivity contribution in [3.8, 4) is 0 Å². The highest BCUT2D eigenvalue weighted by Gasteiger charge is 2.32. The standard InChI is InChI=1S/C19H24FN5O2S/c1-23(12-14-4-2-3-5-16(14)20)17(26)13-28-19-22-21-18(25(19)15-6-7-15)24-8-10-27-11-9-24/h2-5,15H,6-13H2,1H3. The molecule has 2 aliphatic rings. The molecule has 1 amide bonds. The van der Waals surface area contributed by atoms with Crippen LogP contribution in [-0.4, -0.2) is 64.7 Å². The predicted molar refractivity (Wildman–Crippen MR) is 105 cm³/mol. The summed E-state index contributed by atoms with van der Waals surface area (Å²) in [6.45, 7) is 3.25. The monoisotopic (exact) mass is 405 g/mol. The van der Waals surface area contributed by atoms with Crippen LogP contribution in [0.4, 0.5) is 10.3 Å². The van der Waals surface area contributed by atoms with E-state index in [1.807, 2.05) is 0 Å². The highest BCUT2D eigenvalue weighted by atomic mass is 32.2. The topological polar surface area (TPSA) is 63.5 Å². The van der Waals surface area contributed by atoms with Crippen molar-refractivity contribution in [3.05, 3.63) is 35.6 Å². The summed E-state index contributed by atoms with van der Waals surface area (Å²) < 4.78 is 21.4. The van der Waals surface area contributed by atoms with Crippen LogP contribution in [0.2, 0.25) is 0 Å². The van der Waals surface area contributed by atoms with E-state index in [4.69, 9.17) is 4.74 Å². The van der Waals surface area contributed by atoms with Gasteiger partial charge >= 0.3 is 0 Å². The lowest BCUT2D eigenvalue weighted by atomic mass is 10.2. The average Bonchev–Trinajstić information content (AvgIpc) is 3.47. The molecule has 1 aliphatic heterocycles. The van der Waals surface area contributed by atoms with Crippen molar-refractivity contribution in [2.45, 2.75) is 30.6 Å². The first-order valence-corrected chi connectivity index (χ1v) is 10.5. The molecule has 0 bridgehead atoms. The Bertz CT molecular complexity index is 835. The summed E-state index contributed by atoms with van der Waals surface area (Å²) in [5, 5.41) is 9.51. The van der Waals surface area contributed by atoms with Gasteiger partial charge in [-0.15, -0.1) is 10.2 Å². The van der Waals surface area contributed by atoms with Gasteiger partial charge in [0.05, 0.1) is 19.0 Å². The van der Waals surface area contributed by atoms with Gasteiger partial charge in [-0.3, -0.25) is 9.36 Å². The van der Waals surface area contributed by atoms with Crippen molar-refractivity contribution < 1.29 is 13.9 Å². The third-order valence-corrected chi connectivity index (χ3v) is 5.90. The van der Waals surface area contributed by atoms with Crippen LogP contribution >= 0.6 is 11.8 Å². The van der Waals surface area contributed by atoms with E-state index in [0.717, 1.165) is 37.0 Å². The minimum Gasteiger partial charge on any atom is -0.378 e. The van der Waals surface area contributed by atoms with Crippen LogP contribution in [-0.2, 0) is 16.1 Å². The van der Waals surface area contributed by atoms with Crippen LogP contribution in [0.1, 0.15) is 24.4 Å². The maximum atomic E-state index is 13.8. The summed E-state index contributed by atoms with van der Waals surface area (Å²) in [6.07, 6.45) is 2.23. The van der Waals surface area contributed by atoms with Crippen LogP contribution in [0.3, 0.4) is 0 Å². The highest BCUT2D eigenvalue weighted by Crippen LogP contribution is 2.41. The molecule has 1 aliphatic carbocycles. The number of ether oxygens (including phenoxy) is 1. The van der Waals surface area contributed by atoms with E-state index in [1.165, 1.54) is 17.8 Å². The van der Waals surface area contributed by atoms with Gasteiger partial charge in [0.1, 0.15) is 5.82 Å². The van der Waals surface area contributed by atoms with Crippen molar-refractivity contribution in [2.75, 3.05) is 44.0 Å². The number of hydrogen-bond donors (Lipinski definition) is 0. The largest absolute Gasteiger partial charge is 0.378 e. The highest BCUT2D eigenvalue weighted by molar-refractivity contribution is 7.99. The molecule has 2 heterocycles. The summed E-state index contributed by atoms with van der Waals surface area (Å²) >= 11 is 1.40. The van der Waals surface area contributed by atoms with Crippen LogP contribution in [0.5, 0.6) is 0 Å². The van der Waals surface area contributed by atoms with Gasteiger partial charge in [-0.25, -0.2) is 4.39 Å². The number of rotatable bonds is 7. The number of carbonyl (C=O) groups is 1. The van der Waals surface area contributed by atoms with E-state index in [-0.39, 0.29) is 24.0 Å². The molecule has 1 aromatic carbocycles. The van der Waals surface area contributed by atoms with Gasteiger partial charge in [0.15, 0.2) is 5.16 Å². The number of aromatic nitrogens is 3. The number of amides is 1. The lowest BCUT2D eigenvalue weighted by molar-refractivity contribution is -0.127. The molecule has 7 nitrogen and oxygen atoms in total. The zero-order valence-electron chi connectivity index (χ0n) is 15.9. The zero-order valence-corrected chi connectivity index (χ0v) is 16.7. The van der Waals surface area contributed by atoms with Crippen molar-refractivity contribution in [1.82, 2.24) is 19.7 Å². The van der Waals surface area contributed by atoms with E-state index >= 15 is 0 Å². The fraction of sp³-hybridized carbons (Fsp3) is 0.526. The Morgan fingerprint density at radius 1 is 1.29 bits per heavy atom. The van der Waals surface area contributed by atoms with Crippen molar-refractivity contribution >= 4 is 23.6 Å². The summed E-state index contributed by atoms with van der Waals surface area (Å²) in [4.78, 5) is 16.3. The molecule has 1 aromatic heterocycles. The van der Waals surface area contributed by atoms with Crippen molar-refractivity contribution in [2.24, 2.45) is 0 Å². The van der Waals surface area contributed by atoms with Crippen molar-refractivity contribution in [1.29, 1.82) is 0 Å². The number of hydrogen-bond acceptors (Lipinski definition) is 6. The van der Waals surface area contributed by atoms with Crippen molar-refractivity contribution in [3.63, 3.8) is 0 Å². The predicted octanol–water partition coefficient (Wildman–Crippen LogP) is 2.34. The van der Waals surface area contributed by atoms with Crippen LogP contribution in [0, 0.1) is 5.82 Å². The lowest BCUT2D eigenvalue weighted by Crippen LogP contribution is -2.38. The van der Waals surface area contributed by atoms with Crippen LogP contribution in [0.25, 0.3) is 0 Å². The van der Waals surface area contributed by atoms with E-state index in [2.05, 4.69) is 19.7 Å². The number of benzene rings is 1. The minimum absolute atomic E-state index is 0.0634. The first-order chi connectivity index (χ1) is 13.6. The molecule has 2 fully saturated rings. The van der Waals surface area contributed by atoms with Gasteiger partial charge in [0.2, 0.25) is 11.9 Å². The number of thioether (sulfide) groups is 1. The molecule has 9 heteroatoms. The maximum absolute atomic E-state index is 13.8. The first-order valence-electron chi connectivity index (χ1n) is 9.51. The molecule has 0 radical (unpaired) electrons. The Labute approximate surface area is 167 Å². The second-order valence-corrected chi connectivity index (χ2v) is 8.06. The zero-order chi connectivity index (χ0) is 19.5. The molecule has 0 spiro atoms. The summed E-state index contributed by atoms with van der Waals surface area (Å²) in [7, 11) is 1.69. The van der Waals surface area contributed by atoms with Gasteiger partial charge in [0.25, 0.3) is 0 Å². The number of nitrogens with zero attached hydrogens (tertiary/aromatic N) is 5. The molecule has 1 saturated carbocycles. The van der Waals surface area contributed by atoms with Gasteiger partial charge in [-0.05, 0) is 18.9 Å². The maximum Gasteiger partial charge on any atom is 0.233 e. The Morgan fingerprint density at radius 2 is 2.04 bits per heavy atom. The molecular weight excluding hydrogens is 381 g/mol. The fourth-order valence-electron chi connectivity index (χ4n) is 3.21. The Morgan fingerprint density at radius 3 is 2.75 bits per heavy atom. The molecule has 150 valence electrons. The van der Waals surface area contributed by atoms with Gasteiger partial charge in [-0.2, -0.15) is 0 Å². The second-order valence-electron chi connectivity index (χ2n) is 7.11. The summed E-state index contributed by atoms with van der Waals surface area (Å²) in [5.41, 5.74) is 0.513. The summed E-state index contributed by atoms with van der Waals surface area (Å²) in [6, 6.07) is 6.95. The van der Waals surface area contributed by atoms with E-state index in [9.17, 15) is 9.18 Å². The molecular formula is C19H24FN5O2S. The molecule has 0 unspecified atom stereocenters. The van der Waals surface area contributed by atoms with E-state index < -0.39 is 0 Å². The van der Waals surface area contributed by atoms with Gasteiger partial charge in [-0.1, -0.05) is 30.0 Å². The summed E-state index contributed by atoms with van der Waals surface area (Å²) in [5.74, 6) is 0.768. The lowest BCUT2D eigenvalue weighted by Gasteiger charge is -2.28. The van der Waals surface area contributed by atoms with Gasteiger partial charge in [0, 0.05) is 38.3 Å². The Balaban J connectivity index is 1.39. The number of halogens is 1. The van der Waals surface area contributed by atoms with Crippen LogP contribution in [0.15, 0.2) is 29.4 Å². The normalized spacial score (nSPS) is 17.0. The number of carbonyl (C=O) groups excluding carboxylic acids is 1. The third-order valence-electron chi connectivity index (χ3n) is 4.97. The smallest absolute Gasteiger partial charge is 0.233 e. The Kier molecular flexibility index (Phi) is 5.82. The SMILES string of the molecule is CN(Cc1ccccc1F)C(=O)CSc1nnc(N2CCOCC2)n1C1CC1. The number of anilines is 1. The third kappa shape index (κ3) is 4.30. The van der Waals surface area contributed by atoms with E-state index in [0.29, 0.717) is 24.8 Å². The van der Waals surface area contributed by atoms with Crippen LogP contribution < -0.4 is 4.90 Å². The molecule has 0 N–H and O–H groups in total. The van der Waals surface area contributed by atoms with E-state index in [1.54, 1.807) is 30.1 Å². The molecule has 0 atom stereocenters. The molecule has 28 heavy (non-hydrogen) atoms. The molecule has 2 aromatic rings.